The van der Waals surface area contributed by atoms with Crippen LogP contribution in [0.15, 0.2) is 39.2 Å². The van der Waals surface area contributed by atoms with Gasteiger partial charge in [-0.15, -0.1) is 11.8 Å². The number of carbonyl (C=O) groups excluding carboxylic acids is 5. The number of fused-ring (bicyclic) bond motifs is 1. The van der Waals surface area contributed by atoms with Crippen LogP contribution in [0, 0.1) is 5.92 Å². The van der Waals surface area contributed by atoms with Gasteiger partial charge in [0.05, 0.1) is 33.5 Å². The Kier molecular flexibility index (Phi) is 8.63. The third-order valence-corrected chi connectivity index (χ3v) is 10.3. The summed E-state index contributed by atoms with van der Waals surface area (Å²) in [7, 11) is 0. The van der Waals surface area contributed by atoms with Gasteiger partial charge in [0.25, 0.3) is 11.8 Å². The van der Waals surface area contributed by atoms with Crippen LogP contribution in [0.5, 0.6) is 0 Å². The number of aromatic nitrogens is 2. The Morgan fingerprint density at radius 1 is 1.07 bits per heavy atom. The smallest absolute Gasteiger partial charge is 0.262 e. The molecule has 2 N–H and O–H groups in total. The second kappa shape index (κ2) is 12.5. The summed E-state index contributed by atoms with van der Waals surface area (Å²) in [6.45, 7) is 8.21. The fraction of sp³-hybridized carbons (Fsp3) is 0.452. The predicted molar refractivity (Wildman–Crippen MR) is 167 cm³/mol. The number of imide groups is 2. The van der Waals surface area contributed by atoms with Crippen LogP contribution in [-0.4, -0.2) is 68.4 Å². The van der Waals surface area contributed by atoms with Crippen LogP contribution >= 0.6 is 23.1 Å². The predicted octanol–water partition coefficient (Wildman–Crippen LogP) is 3.97. The van der Waals surface area contributed by atoms with Crippen molar-refractivity contribution in [2.75, 3.05) is 18.4 Å². The number of benzene rings is 1. The molecule has 45 heavy (non-hydrogen) atoms. The van der Waals surface area contributed by atoms with E-state index in [2.05, 4.69) is 46.3 Å². The van der Waals surface area contributed by atoms with E-state index in [1.54, 1.807) is 36.3 Å². The molecule has 1 aromatic carbocycles. The highest BCUT2D eigenvalue weighted by atomic mass is 32.2. The molecule has 0 radical (unpaired) electrons. The molecular weight excluding hydrogens is 617 g/mol. The molecule has 3 aliphatic rings. The number of likely N-dealkylation sites (tertiary alicyclic amines) is 1. The van der Waals surface area contributed by atoms with Crippen molar-refractivity contribution < 1.29 is 28.4 Å². The number of nitrogens with zero attached hydrogens (tertiary/aromatic N) is 4. The lowest BCUT2D eigenvalue weighted by Crippen LogP contribution is -2.54. The number of thiazole rings is 1. The summed E-state index contributed by atoms with van der Waals surface area (Å²) in [4.78, 5) is 74.9. The highest BCUT2D eigenvalue weighted by Gasteiger charge is 2.44. The first-order valence-electron chi connectivity index (χ1n) is 14.9. The van der Waals surface area contributed by atoms with Crippen LogP contribution in [0.3, 0.4) is 0 Å². The number of hydrogen-bond donors (Lipinski definition) is 2. The second-order valence-electron chi connectivity index (χ2n) is 12.5. The van der Waals surface area contributed by atoms with Crippen LogP contribution in [-0.2, 0) is 32.1 Å². The van der Waals surface area contributed by atoms with Gasteiger partial charge in [-0.3, -0.25) is 39.1 Å². The van der Waals surface area contributed by atoms with Gasteiger partial charge in [-0.25, -0.2) is 9.97 Å². The zero-order valence-corrected chi connectivity index (χ0v) is 26.9. The fourth-order valence-corrected chi connectivity index (χ4v) is 7.40. The van der Waals surface area contributed by atoms with E-state index in [1.165, 1.54) is 11.3 Å². The van der Waals surface area contributed by atoms with E-state index in [0.29, 0.717) is 49.3 Å². The van der Waals surface area contributed by atoms with Crippen LogP contribution in [0.1, 0.15) is 84.4 Å². The molecule has 0 saturated carbocycles. The van der Waals surface area contributed by atoms with Crippen molar-refractivity contribution >= 4 is 57.8 Å². The molecule has 2 fully saturated rings. The molecule has 1 atom stereocenters. The SMILES string of the molecule is CC(C)(C)c1cnc(CSc2cnc(NC(=O)C3CCN(Cc4ccc5c(c4)C(=O)N(C4CCC(=O)NC4=O)C5=O)CC3)s2)o1. The normalized spacial score (nSPS) is 19.6. The maximum atomic E-state index is 13.2. The summed E-state index contributed by atoms with van der Waals surface area (Å²) in [5, 5.41) is 5.75. The molecular formula is C31H34N6O6S2. The zero-order valence-electron chi connectivity index (χ0n) is 25.3. The third-order valence-electron chi connectivity index (χ3n) is 8.21. The van der Waals surface area contributed by atoms with Gasteiger partial charge in [0.2, 0.25) is 23.6 Å². The Bertz CT molecular complexity index is 1670. The molecule has 236 valence electrons. The fourth-order valence-electron chi connectivity index (χ4n) is 5.68. The minimum absolute atomic E-state index is 0.0433. The van der Waals surface area contributed by atoms with Crippen LogP contribution in [0.4, 0.5) is 5.13 Å². The molecule has 1 unspecified atom stereocenters. The van der Waals surface area contributed by atoms with Crippen molar-refractivity contribution in [1.82, 2.24) is 25.1 Å². The first kappa shape index (κ1) is 31.1. The first-order valence-corrected chi connectivity index (χ1v) is 16.7. The van der Waals surface area contributed by atoms with Gasteiger partial charge in [0.1, 0.15) is 11.8 Å². The van der Waals surface area contributed by atoms with E-state index in [4.69, 9.17) is 4.42 Å². The summed E-state index contributed by atoms with van der Waals surface area (Å²) >= 11 is 2.99. The maximum Gasteiger partial charge on any atom is 0.262 e. The molecule has 2 saturated heterocycles. The lowest BCUT2D eigenvalue weighted by Gasteiger charge is -2.31. The third kappa shape index (κ3) is 6.72. The van der Waals surface area contributed by atoms with Gasteiger partial charge < -0.3 is 9.73 Å². The van der Waals surface area contributed by atoms with Crippen molar-refractivity contribution in [2.45, 2.75) is 74.4 Å². The molecule has 6 rings (SSSR count). The number of anilines is 1. The van der Waals surface area contributed by atoms with E-state index >= 15 is 0 Å². The Labute approximate surface area is 268 Å². The molecule has 0 aliphatic carbocycles. The summed E-state index contributed by atoms with van der Waals surface area (Å²) in [5.41, 5.74) is 1.31. The topological polar surface area (TPSA) is 155 Å². The van der Waals surface area contributed by atoms with Gasteiger partial charge in [0.15, 0.2) is 5.13 Å². The molecule has 3 aromatic rings. The molecule has 2 aromatic heterocycles. The van der Waals surface area contributed by atoms with E-state index < -0.39 is 29.7 Å². The average Bonchev–Trinajstić information content (AvgIpc) is 3.72. The van der Waals surface area contributed by atoms with Gasteiger partial charge >= 0.3 is 0 Å². The lowest BCUT2D eigenvalue weighted by atomic mass is 9.94. The van der Waals surface area contributed by atoms with Gasteiger partial charge in [0, 0.05) is 24.3 Å². The van der Waals surface area contributed by atoms with E-state index in [1.807, 2.05) is 6.07 Å². The zero-order chi connectivity index (χ0) is 31.9. The number of rotatable bonds is 8. The standard InChI is InChI=1S/C31H34N6O6S2/c1-31(2,3)22-13-32-24(43-22)16-44-25-14-33-30(45-25)35-26(39)18-8-10-36(11-9-18)15-17-4-5-19-20(12-17)29(42)37(28(19)41)21-6-7-23(38)34-27(21)40/h4-5,12-14,18,21H,6-11,15-16H2,1-3H3,(H,33,35,39)(H,34,38,40). The highest BCUT2D eigenvalue weighted by Crippen LogP contribution is 2.33. The quantitative estimate of drug-likeness (QED) is 0.270. The summed E-state index contributed by atoms with van der Waals surface area (Å²) in [6.07, 6.45) is 5.09. The number of nitrogens with one attached hydrogen (secondary N) is 2. The van der Waals surface area contributed by atoms with Gasteiger partial charge in [-0.1, -0.05) is 38.2 Å². The van der Waals surface area contributed by atoms with Crippen molar-refractivity contribution in [3.8, 4) is 0 Å². The molecule has 0 spiro atoms. The Morgan fingerprint density at radius 3 is 2.53 bits per heavy atom. The first-order chi connectivity index (χ1) is 21.5. The lowest BCUT2D eigenvalue weighted by molar-refractivity contribution is -0.136. The number of piperidine rings is 2. The minimum atomic E-state index is -0.987. The molecule has 14 heteroatoms. The Morgan fingerprint density at radius 2 is 1.82 bits per heavy atom. The van der Waals surface area contributed by atoms with Crippen LogP contribution < -0.4 is 10.6 Å². The van der Waals surface area contributed by atoms with Crippen molar-refractivity contribution in [3.05, 3.63) is 58.9 Å². The summed E-state index contributed by atoms with van der Waals surface area (Å²) in [6, 6.07) is 4.18. The van der Waals surface area contributed by atoms with Gasteiger partial charge in [-0.05, 0) is 50.0 Å². The van der Waals surface area contributed by atoms with Crippen molar-refractivity contribution in [2.24, 2.45) is 5.92 Å². The van der Waals surface area contributed by atoms with Gasteiger partial charge in [-0.2, -0.15) is 0 Å². The Balaban J connectivity index is 0.981. The van der Waals surface area contributed by atoms with E-state index in [-0.39, 0.29) is 41.2 Å². The summed E-state index contributed by atoms with van der Waals surface area (Å²) in [5.74, 6) is -0.156. The van der Waals surface area contributed by atoms with Crippen LogP contribution in [0.2, 0.25) is 0 Å². The molecule has 3 aliphatic heterocycles. The minimum Gasteiger partial charge on any atom is -0.444 e. The Hall–Kier alpha value is -3.88. The highest BCUT2D eigenvalue weighted by molar-refractivity contribution is 8.00. The number of carbonyl (C=O) groups is 5. The van der Waals surface area contributed by atoms with Crippen molar-refractivity contribution in [1.29, 1.82) is 0 Å². The molecule has 0 bridgehead atoms. The van der Waals surface area contributed by atoms with Crippen LogP contribution in [0.25, 0.3) is 0 Å². The number of thioether (sulfide) groups is 1. The largest absolute Gasteiger partial charge is 0.444 e. The number of amides is 5. The summed E-state index contributed by atoms with van der Waals surface area (Å²) < 4.78 is 6.82. The number of hydrogen-bond acceptors (Lipinski definition) is 11. The van der Waals surface area contributed by atoms with E-state index in [9.17, 15) is 24.0 Å². The monoisotopic (exact) mass is 650 g/mol. The second-order valence-corrected chi connectivity index (χ2v) is 14.8. The van der Waals surface area contributed by atoms with Crippen molar-refractivity contribution in [3.63, 3.8) is 0 Å². The average molecular weight is 651 g/mol. The molecule has 12 nitrogen and oxygen atoms in total. The van der Waals surface area contributed by atoms with E-state index in [0.717, 1.165) is 20.4 Å². The molecule has 5 heterocycles. The maximum absolute atomic E-state index is 13.2. The molecule has 5 amide bonds. The number of oxazole rings is 1.